The van der Waals surface area contributed by atoms with Crippen molar-refractivity contribution in [2.75, 3.05) is 11.9 Å². The lowest BCUT2D eigenvalue weighted by Crippen LogP contribution is -2.37. The van der Waals surface area contributed by atoms with E-state index in [1.165, 1.54) is 6.07 Å². The van der Waals surface area contributed by atoms with Gasteiger partial charge in [0.2, 0.25) is 0 Å². The highest BCUT2D eigenvalue weighted by atomic mass is 35.5. The van der Waals surface area contributed by atoms with Crippen LogP contribution in [0, 0.1) is 23.5 Å². The van der Waals surface area contributed by atoms with Crippen LogP contribution in [0.3, 0.4) is 0 Å². The Morgan fingerprint density at radius 1 is 1.11 bits per heavy atom. The zero-order chi connectivity index (χ0) is 25.3. The number of hydrogen-bond acceptors (Lipinski definition) is 4. The molecular formula is C24H24ClF2N3O5. The second kappa shape index (κ2) is 10.2. The molecule has 2 aromatic rings. The molecule has 8 nitrogen and oxygen atoms in total. The van der Waals surface area contributed by atoms with Crippen LogP contribution in [-0.2, 0) is 22.6 Å². The average molecular weight is 508 g/mol. The van der Waals surface area contributed by atoms with Crippen molar-refractivity contribution < 1.29 is 33.1 Å². The van der Waals surface area contributed by atoms with Crippen molar-refractivity contribution in [3.63, 3.8) is 0 Å². The van der Waals surface area contributed by atoms with E-state index in [-0.39, 0.29) is 34.4 Å². The Balaban J connectivity index is 1.50. The average Bonchev–Trinajstić information content (AvgIpc) is 3.39. The first-order valence-corrected chi connectivity index (χ1v) is 11.8. The van der Waals surface area contributed by atoms with Crippen molar-refractivity contribution in [1.29, 1.82) is 0 Å². The van der Waals surface area contributed by atoms with E-state index in [1.54, 1.807) is 4.57 Å². The third-order valence-electron chi connectivity index (χ3n) is 6.62. The number of carbonyl (C=O) groups is 4. The minimum absolute atomic E-state index is 0.0145. The number of carbonyl (C=O) groups excluding carboxylic acids is 3. The molecule has 2 heterocycles. The van der Waals surface area contributed by atoms with Gasteiger partial charge in [-0.15, -0.1) is 0 Å². The van der Waals surface area contributed by atoms with Crippen LogP contribution in [0.4, 0.5) is 14.5 Å². The van der Waals surface area contributed by atoms with Crippen LogP contribution in [0.5, 0.6) is 0 Å². The lowest BCUT2D eigenvalue weighted by molar-refractivity contribution is -0.143. The first kappa shape index (κ1) is 24.8. The fourth-order valence-electron chi connectivity index (χ4n) is 4.89. The summed E-state index contributed by atoms with van der Waals surface area (Å²) in [5.74, 6) is -6.03. The number of carboxylic acids is 1. The fourth-order valence-corrected chi connectivity index (χ4v) is 5.27. The van der Waals surface area contributed by atoms with Gasteiger partial charge in [-0.3, -0.25) is 19.2 Å². The molecular weight excluding hydrogens is 484 g/mol. The van der Waals surface area contributed by atoms with Crippen LogP contribution in [0.15, 0.2) is 18.2 Å². The first-order valence-electron chi connectivity index (χ1n) is 11.4. The van der Waals surface area contributed by atoms with Crippen LogP contribution >= 0.6 is 11.6 Å². The molecule has 1 saturated carbocycles. The summed E-state index contributed by atoms with van der Waals surface area (Å²) in [6.07, 6.45) is 3.61. The van der Waals surface area contributed by atoms with Gasteiger partial charge in [-0.25, -0.2) is 8.78 Å². The number of nitrogens with one attached hydrogen (secondary N) is 2. The molecule has 2 amide bonds. The van der Waals surface area contributed by atoms with Gasteiger partial charge in [-0.05, 0) is 50.2 Å². The predicted octanol–water partition coefficient (Wildman–Crippen LogP) is 3.81. The number of ketones is 1. The molecule has 0 saturated heterocycles. The van der Waals surface area contributed by atoms with Gasteiger partial charge >= 0.3 is 5.97 Å². The highest BCUT2D eigenvalue weighted by Crippen LogP contribution is 2.34. The number of halogens is 3. The van der Waals surface area contributed by atoms with Crippen LogP contribution < -0.4 is 10.6 Å². The number of aliphatic carboxylic acids is 1. The number of amides is 2. The molecule has 35 heavy (non-hydrogen) atoms. The monoisotopic (exact) mass is 507 g/mol. The predicted molar refractivity (Wildman–Crippen MR) is 122 cm³/mol. The van der Waals surface area contributed by atoms with Gasteiger partial charge in [0.25, 0.3) is 17.6 Å². The third-order valence-corrected chi connectivity index (χ3v) is 6.98. The van der Waals surface area contributed by atoms with Crippen molar-refractivity contribution in [2.45, 2.75) is 45.1 Å². The minimum Gasteiger partial charge on any atom is -0.481 e. The van der Waals surface area contributed by atoms with Gasteiger partial charge < -0.3 is 20.3 Å². The van der Waals surface area contributed by atoms with Crippen molar-refractivity contribution in [3.05, 3.63) is 51.8 Å². The molecule has 2 aliphatic rings. The highest BCUT2D eigenvalue weighted by Gasteiger charge is 2.35. The molecule has 11 heteroatoms. The second-order valence-electron chi connectivity index (χ2n) is 8.93. The molecule has 1 aliphatic heterocycles. The summed E-state index contributed by atoms with van der Waals surface area (Å²) in [5.41, 5.74) is 0.421. The van der Waals surface area contributed by atoms with Crippen molar-refractivity contribution in [3.8, 4) is 0 Å². The SMILES string of the molecule is O=C(NCC1CCC[C@H](C(=O)O)C1)C(=O)c1c(Cl)c(C(=O)Nc2ccc(F)c(F)c2)c2n1CCC2. The summed E-state index contributed by atoms with van der Waals surface area (Å²) in [6.45, 7) is 0.563. The number of anilines is 1. The van der Waals surface area contributed by atoms with E-state index >= 15 is 0 Å². The summed E-state index contributed by atoms with van der Waals surface area (Å²) >= 11 is 6.42. The zero-order valence-electron chi connectivity index (χ0n) is 18.7. The molecule has 3 N–H and O–H groups in total. The standard InChI is InChI=1S/C24H24ClF2N3O5/c25-19-18(22(32)29-14-6-7-15(26)16(27)10-14)17-5-2-8-30(17)20(19)21(31)23(33)28-11-12-3-1-4-13(9-12)24(34)35/h6-7,10,12-13H,1-5,8-9,11H2,(H,28,33)(H,29,32)(H,34,35)/t12?,13-/m0/s1. The van der Waals surface area contributed by atoms with Crippen LogP contribution in [0.1, 0.15) is 58.6 Å². The van der Waals surface area contributed by atoms with Crippen molar-refractivity contribution in [1.82, 2.24) is 9.88 Å². The molecule has 0 spiro atoms. The zero-order valence-corrected chi connectivity index (χ0v) is 19.5. The number of aromatic nitrogens is 1. The Kier molecular flexibility index (Phi) is 7.20. The van der Waals surface area contributed by atoms with Crippen LogP contribution in [0.2, 0.25) is 5.02 Å². The summed E-state index contributed by atoms with van der Waals surface area (Å²) in [6, 6.07) is 2.90. The summed E-state index contributed by atoms with van der Waals surface area (Å²) in [5, 5.41) is 14.1. The Morgan fingerprint density at radius 3 is 2.60 bits per heavy atom. The molecule has 1 aromatic carbocycles. The normalized spacial score (nSPS) is 19.2. The summed E-state index contributed by atoms with van der Waals surface area (Å²) in [4.78, 5) is 49.9. The minimum atomic E-state index is -1.13. The van der Waals surface area contributed by atoms with E-state index in [4.69, 9.17) is 11.6 Å². The number of nitrogens with zero attached hydrogens (tertiary/aromatic N) is 1. The smallest absolute Gasteiger partial charge is 0.306 e. The lowest BCUT2D eigenvalue weighted by Gasteiger charge is -2.26. The van der Waals surface area contributed by atoms with E-state index in [0.29, 0.717) is 37.9 Å². The molecule has 4 rings (SSSR count). The molecule has 1 unspecified atom stereocenters. The van der Waals surface area contributed by atoms with Crippen molar-refractivity contribution >= 4 is 40.9 Å². The first-order chi connectivity index (χ1) is 16.7. The van der Waals surface area contributed by atoms with E-state index < -0.39 is 41.1 Å². The number of benzene rings is 1. The molecule has 0 bridgehead atoms. The molecule has 186 valence electrons. The quantitative estimate of drug-likeness (QED) is 0.389. The second-order valence-corrected chi connectivity index (χ2v) is 9.31. The molecule has 0 radical (unpaired) electrons. The maximum atomic E-state index is 13.5. The van der Waals surface area contributed by atoms with Gasteiger partial charge in [0.1, 0.15) is 5.69 Å². The number of hydrogen-bond donors (Lipinski definition) is 3. The molecule has 1 aliphatic carbocycles. The van der Waals surface area contributed by atoms with E-state index in [9.17, 15) is 33.1 Å². The fraction of sp³-hybridized carbons (Fsp3) is 0.417. The molecule has 1 fully saturated rings. The topological polar surface area (TPSA) is 118 Å². The van der Waals surface area contributed by atoms with Crippen LogP contribution in [-0.4, -0.2) is 39.8 Å². The molecule has 1 aromatic heterocycles. The highest BCUT2D eigenvalue weighted by molar-refractivity contribution is 6.48. The van der Waals surface area contributed by atoms with Gasteiger partial charge in [0.15, 0.2) is 11.6 Å². The Labute approximate surface area is 204 Å². The summed E-state index contributed by atoms with van der Waals surface area (Å²) < 4.78 is 28.3. The van der Waals surface area contributed by atoms with Gasteiger partial charge in [0.05, 0.1) is 16.5 Å². The maximum absolute atomic E-state index is 13.5. The maximum Gasteiger partial charge on any atom is 0.306 e. The largest absolute Gasteiger partial charge is 0.481 e. The Morgan fingerprint density at radius 2 is 1.89 bits per heavy atom. The van der Waals surface area contributed by atoms with Gasteiger partial charge in [-0.2, -0.15) is 0 Å². The Hall–Kier alpha value is -3.27. The van der Waals surface area contributed by atoms with Gasteiger partial charge in [-0.1, -0.05) is 18.0 Å². The van der Waals surface area contributed by atoms with Crippen LogP contribution in [0.25, 0.3) is 0 Å². The number of rotatable bonds is 7. The third kappa shape index (κ3) is 5.07. The number of Topliss-reactive ketones (excluding diaryl/α,β-unsaturated/α-hetero) is 1. The van der Waals surface area contributed by atoms with E-state index in [1.807, 2.05) is 0 Å². The molecule has 2 atom stereocenters. The number of fused-ring (bicyclic) bond motifs is 1. The van der Waals surface area contributed by atoms with E-state index in [0.717, 1.165) is 25.0 Å². The van der Waals surface area contributed by atoms with E-state index in [2.05, 4.69) is 10.6 Å². The summed E-state index contributed by atoms with van der Waals surface area (Å²) in [7, 11) is 0. The lowest BCUT2D eigenvalue weighted by atomic mass is 9.81. The Bertz CT molecular complexity index is 1210. The number of carboxylic acid groups (broad SMARTS) is 1. The van der Waals surface area contributed by atoms with Gasteiger partial charge in [0, 0.05) is 30.5 Å². The van der Waals surface area contributed by atoms with Crippen molar-refractivity contribution in [2.24, 2.45) is 11.8 Å².